The minimum absolute atomic E-state index is 0.0422. The maximum Gasteiger partial charge on any atom is 0.148 e. The molecule has 0 saturated heterocycles. The second kappa shape index (κ2) is 21.2. The first-order valence-corrected chi connectivity index (χ1v) is 15.6. The quantitative estimate of drug-likeness (QED) is 0.0752. The molecule has 6 nitrogen and oxygen atoms in total. The summed E-state index contributed by atoms with van der Waals surface area (Å²) in [6.45, 7) is 18.5. The summed E-state index contributed by atoms with van der Waals surface area (Å²) in [6, 6.07) is 10.3. The van der Waals surface area contributed by atoms with Crippen LogP contribution >= 0.6 is 0 Å². The number of benzene rings is 1. The number of methoxy groups -OCH3 is 2. The number of carbonyl (C=O) groups excluding carboxylic acids is 1. The first kappa shape index (κ1) is 37.5. The normalized spacial score (nSPS) is 17.7. The highest BCUT2D eigenvalue weighted by Crippen LogP contribution is 2.30. The number of hydrogen-bond donors (Lipinski definition) is 0. The molecule has 1 rings (SSSR count). The van der Waals surface area contributed by atoms with E-state index in [1.165, 1.54) is 11.1 Å². The molecule has 6 heteroatoms. The SMILES string of the molecule is CO[C@@H](CC[C@@H](C)[C@@H](OC(C)C)[C@H](C)[C@@H](CCOCc1ccccc1)OC(C)C)/C(C)=C/C[C@@H](C)C[C@H](C=O)OC. The molecule has 0 aliphatic carbocycles. The second-order valence-corrected chi connectivity index (χ2v) is 12.3. The van der Waals surface area contributed by atoms with E-state index >= 15 is 0 Å². The summed E-state index contributed by atoms with van der Waals surface area (Å²) in [7, 11) is 3.37. The molecule has 0 aliphatic heterocycles. The van der Waals surface area contributed by atoms with Crippen molar-refractivity contribution < 1.29 is 28.5 Å². The Hall–Kier alpha value is -1.57. The molecular formula is C35H60O6. The van der Waals surface area contributed by atoms with Crippen LogP contribution in [0.1, 0.15) is 93.1 Å². The molecule has 0 heterocycles. The van der Waals surface area contributed by atoms with Crippen molar-refractivity contribution in [3.05, 3.63) is 47.5 Å². The molecule has 7 atom stereocenters. The van der Waals surface area contributed by atoms with Crippen LogP contribution in [0.25, 0.3) is 0 Å². The van der Waals surface area contributed by atoms with E-state index in [0.717, 1.165) is 38.4 Å². The molecule has 0 radical (unpaired) electrons. The molecule has 0 amide bonds. The lowest BCUT2D eigenvalue weighted by atomic mass is 9.84. The lowest BCUT2D eigenvalue weighted by Gasteiger charge is -2.37. The summed E-state index contributed by atoms with van der Waals surface area (Å²) in [5, 5.41) is 0. The van der Waals surface area contributed by atoms with E-state index in [0.29, 0.717) is 25.0 Å². The topological polar surface area (TPSA) is 63.2 Å². The molecule has 1 aromatic rings. The van der Waals surface area contributed by atoms with Crippen LogP contribution < -0.4 is 0 Å². The Balaban J connectivity index is 2.81. The maximum atomic E-state index is 11.1. The highest BCUT2D eigenvalue weighted by molar-refractivity contribution is 5.55. The highest BCUT2D eigenvalue weighted by atomic mass is 16.5. The third kappa shape index (κ3) is 15.5. The van der Waals surface area contributed by atoms with Gasteiger partial charge in [-0.3, -0.25) is 0 Å². The number of aldehydes is 1. The number of hydrogen-bond acceptors (Lipinski definition) is 6. The zero-order chi connectivity index (χ0) is 30.8. The molecule has 0 aliphatic rings. The number of ether oxygens (including phenoxy) is 5. The van der Waals surface area contributed by atoms with Gasteiger partial charge in [-0.05, 0) is 89.7 Å². The van der Waals surface area contributed by atoms with Gasteiger partial charge in [-0.15, -0.1) is 0 Å². The molecule has 0 spiro atoms. The maximum absolute atomic E-state index is 11.1. The first-order valence-electron chi connectivity index (χ1n) is 15.6. The Kier molecular flexibility index (Phi) is 19.3. The van der Waals surface area contributed by atoms with Gasteiger partial charge in [-0.2, -0.15) is 0 Å². The van der Waals surface area contributed by atoms with Crippen molar-refractivity contribution in [3.8, 4) is 0 Å². The zero-order valence-electron chi connectivity index (χ0n) is 27.6. The Morgan fingerprint density at radius 2 is 1.51 bits per heavy atom. The van der Waals surface area contributed by atoms with Crippen molar-refractivity contribution in [2.45, 2.75) is 131 Å². The van der Waals surface area contributed by atoms with Gasteiger partial charge < -0.3 is 28.5 Å². The lowest BCUT2D eigenvalue weighted by molar-refractivity contribution is -0.118. The van der Waals surface area contributed by atoms with Crippen LogP contribution in [0.5, 0.6) is 0 Å². The Morgan fingerprint density at radius 3 is 2.07 bits per heavy atom. The fraction of sp³-hybridized carbons (Fsp3) is 0.743. The van der Waals surface area contributed by atoms with Gasteiger partial charge in [0.1, 0.15) is 12.4 Å². The Morgan fingerprint density at radius 1 is 0.854 bits per heavy atom. The summed E-state index contributed by atoms with van der Waals surface area (Å²) < 4.78 is 30.2. The van der Waals surface area contributed by atoms with Crippen molar-refractivity contribution in [3.63, 3.8) is 0 Å². The van der Waals surface area contributed by atoms with Gasteiger partial charge in [-0.25, -0.2) is 0 Å². The minimum atomic E-state index is -0.336. The molecule has 0 bridgehead atoms. The molecule has 0 N–H and O–H groups in total. The van der Waals surface area contributed by atoms with Crippen molar-refractivity contribution in [1.82, 2.24) is 0 Å². The van der Waals surface area contributed by atoms with Gasteiger partial charge in [0.25, 0.3) is 0 Å². The van der Waals surface area contributed by atoms with Crippen LogP contribution in [0, 0.1) is 17.8 Å². The molecule has 0 unspecified atom stereocenters. The van der Waals surface area contributed by atoms with Gasteiger partial charge >= 0.3 is 0 Å². The smallest absolute Gasteiger partial charge is 0.148 e. The van der Waals surface area contributed by atoms with Gasteiger partial charge in [-0.1, -0.05) is 57.2 Å². The zero-order valence-corrected chi connectivity index (χ0v) is 27.6. The van der Waals surface area contributed by atoms with Crippen molar-refractivity contribution in [1.29, 1.82) is 0 Å². The van der Waals surface area contributed by atoms with Crippen LogP contribution in [0.2, 0.25) is 0 Å². The van der Waals surface area contributed by atoms with Crippen LogP contribution in [0.15, 0.2) is 42.0 Å². The standard InChI is InChI=1S/C35H60O6/c1-25(2)40-34(20-21-39-24-31-14-12-11-13-15-31)30(8)35(41-26(3)4)29(7)18-19-33(38-10)28(6)17-16-27(5)22-32(23-36)37-9/h11-15,17,23,25-27,29-30,32-35H,16,18-22,24H2,1-10H3/b28-17+/t27-,29-,30-,32-,33+,34-,35-/m1/s1. The summed E-state index contributed by atoms with van der Waals surface area (Å²) in [5.74, 6) is 0.895. The van der Waals surface area contributed by atoms with E-state index in [1.807, 2.05) is 18.2 Å². The van der Waals surface area contributed by atoms with E-state index in [-0.39, 0.29) is 42.5 Å². The monoisotopic (exact) mass is 576 g/mol. The van der Waals surface area contributed by atoms with E-state index in [2.05, 4.69) is 73.6 Å². The molecule has 1 aromatic carbocycles. The summed E-state index contributed by atoms with van der Waals surface area (Å²) in [4.78, 5) is 11.1. The molecular weight excluding hydrogens is 516 g/mol. The highest BCUT2D eigenvalue weighted by Gasteiger charge is 2.33. The Labute approximate surface area is 251 Å². The molecule has 236 valence electrons. The fourth-order valence-corrected chi connectivity index (χ4v) is 5.40. The molecule has 0 saturated carbocycles. The van der Waals surface area contributed by atoms with Crippen LogP contribution in [0.4, 0.5) is 0 Å². The van der Waals surface area contributed by atoms with Crippen LogP contribution in [-0.4, -0.2) is 63.7 Å². The third-order valence-electron chi connectivity index (χ3n) is 7.81. The van der Waals surface area contributed by atoms with Gasteiger partial charge in [0.15, 0.2) is 0 Å². The van der Waals surface area contributed by atoms with Gasteiger partial charge in [0, 0.05) is 26.7 Å². The van der Waals surface area contributed by atoms with Crippen molar-refractivity contribution >= 4 is 6.29 Å². The van der Waals surface area contributed by atoms with Crippen molar-refractivity contribution in [2.75, 3.05) is 20.8 Å². The van der Waals surface area contributed by atoms with Crippen LogP contribution in [-0.2, 0) is 35.1 Å². The van der Waals surface area contributed by atoms with Gasteiger partial charge in [0.2, 0.25) is 0 Å². The average Bonchev–Trinajstić information content (AvgIpc) is 2.95. The van der Waals surface area contributed by atoms with E-state index in [1.54, 1.807) is 14.2 Å². The predicted molar refractivity (Wildman–Crippen MR) is 168 cm³/mol. The second-order valence-electron chi connectivity index (χ2n) is 12.3. The average molecular weight is 577 g/mol. The predicted octanol–water partition coefficient (Wildman–Crippen LogP) is 7.82. The summed E-state index contributed by atoms with van der Waals surface area (Å²) in [5.41, 5.74) is 2.42. The summed E-state index contributed by atoms with van der Waals surface area (Å²) in [6.07, 6.45) is 7.57. The first-order chi connectivity index (χ1) is 19.5. The van der Waals surface area contributed by atoms with Gasteiger partial charge in [0.05, 0.1) is 37.1 Å². The number of carbonyl (C=O) groups is 1. The molecule has 0 fully saturated rings. The lowest BCUT2D eigenvalue weighted by Crippen LogP contribution is -2.41. The van der Waals surface area contributed by atoms with Crippen molar-refractivity contribution in [2.24, 2.45) is 17.8 Å². The fourth-order valence-electron chi connectivity index (χ4n) is 5.40. The molecule has 0 aromatic heterocycles. The Bertz CT molecular complexity index is 823. The van der Waals surface area contributed by atoms with E-state index < -0.39 is 0 Å². The number of allylic oxidation sites excluding steroid dienone is 1. The minimum Gasteiger partial charge on any atom is -0.377 e. The number of rotatable bonds is 23. The van der Waals surface area contributed by atoms with E-state index in [4.69, 9.17) is 23.7 Å². The molecule has 41 heavy (non-hydrogen) atoms. The third-order valence-corrected chi connectivity index (χ3v) is 7.81. The van der Waals surface area contributed by atoms with Crippen LogP contribution in [0.3, 0.4) is 0 Å². The summed E-state index contributed by atoms with van der Waals surface area (Å²) >= 11 is 0. The van der Waals surface area contributed by atoms with E-state index in [9.17, 15) is 4.79 Å². The largest absolute Gasteiger partial charge is 0.377 e.